The molecule has 4 nitrogen and oxygen atoms in total. The van der Waals surface area contributed by atoms with Gasteiger partial charge in [0.15, 0.2) is 11.6 Å². The topological polar surface area (TPSA) is 53.4 Å². The van der Waals surface area contributed by atoms with Crippen LogP contribution in [0.5, 0.6) is 0 Å². The highest BCUT2D eigenvalue weighted by Gasteiger charge is 2.26. The van der Waals surface area contributed by atoms with Crippen LogP contribution in [0.4, 0.5) is 10.2 Å². The number of pyridine rings is 1. The summed E-state index contributed by atoms with van der Waals surface area (Å²) in [6.45, 7) is 3.17. The summed E-state index contributed by atoms with van der Waals surface area (Å²) >= 11 is 5.87. The lowest BCUT2D eigenvalue weighted by Gasteiger charge is -2.19. The molecule has 1 saturated heterocycles. The van der Waals surface area contributed by atoms with Gasteiger partial charge in [0.2, 0.25) is 0 Å². The summed E-state index contributed by atoms with van der Waals surface area (Å²) in [5.41, 5.74) is -0.0935. The second kappa shape index (κ2) is 5.10. The molecule has 0 unspecified atom stereocenters. The quantitative estimate of drug-likeness (QED) is 0.860. The van der Waals surface area contributed by atoms with Gasteiger partial charge in [-0.15, -0.1) is 0 Å². The molecular formula is C12H14ClFN2O2. The van der Waals surface area contributed by atoms with Gasteiger partial charge >= 0.3 is 5.97 Å². The van der Waals surface area contributed by atoms with Crippen LogP contribution in [0.3, 0.4) is 0 Å². The number of halogens is 2. The molecule has 0 aromatic carbocycles. The number of carboxylic acid groups (broad SMARTS) is 1. The Morgan fingerprint density at radius 1 is 1.50 bits per heavy atom. The Morgan fingerprint density at radius 2 is 2.11 bits per heavy atom. The fourth-order valence-corrected chi connectivity index (χ4v) is 2.53. The molecule has 0 aliphatic carbocycles. The summed E-state index contributed by atoms with van der Waals surface area (Å²) in [5.74, 6) is -1.61. The average Bonchev–Trinajstić information content (AvgIpc) is 2.84. The fourth-order valence-electron chi connectivity index (χ4n) is 2.25. The predicted molar refractivity (Wildman–Crippen MR) is 67.0 cm³/mol. The molecule has 1 aromatic heterocycles. The van der Waals surface area contributed by atoms with E-state index in [2.05, 4.69) is 4.98 Å². The van der Waals surface area contributed by atoms with E-state index < -0.39 is 11.8 Å². The Morgan fingerprint density at radius 3 is 2.61 bits per heavy atom. The van der Waals surface area contributed by atoms with E-state index in [0.29, 0.717) is 0 Å². The molecule has 98 valence electrons. The first kappa shape index (κ1) is 13.1. The molecule has 1 aliphatic heterocycles. The van der Waals surface area contributed by atoms with Crippen molar-refractivity contribution in [1.82, 2.24) is 4.98 Å². The third-order valence-electron chi connectivity index (χ3n) is 3.15. The average molecular weight is 273 g/mol. The minimum absolute atomic E-state index is 0.129. The smallest absolute Gasteiger partial charge is 0.339 e. The van der Waals surface area contributed by atoms with Gasteiger partial charge in [0, 0.05) is 18.7 Å². The molecule has 1 fully saturated rings. The lowest BCUT2D eigenvalue weighted by molar-refractivity contribution is 0.0695. The van der Waals surface area contributed by atoms with Crippen LogP contribution in [0, 0.1) is 5.82 Å². The van der Waals surface area contributed by atoms with Crippen molar-refractivity contribution in [3.8, 4) is 0 Å². The van der Waals surface area contributed by atoms with E-state index in [-0.39, 0.29) is 28.5 Å². The molecule has 2 heterocycles. The van der Waals surface area contributed by atoms with Gasteiger partial charge in [0.25, 0.3) is 0 Å². The Kier molecular flexibility index (Phi) is 3.71. The third kappa shape index (κ3) is 2.14. The first-order chi connectivity index (χ1) is 8.56. The van der Waals surface area contributed by atoms with Gasteiger partial charge in [0.05, 0.1) is 0 Å². The van der Waals surface area contributed by atoms with Crippen LogP contribution in [0.15, 0.2) is 0 Å². The maximum absolute atomic E-state index is 14.3. The summed E-state index contributed by atoms with van der Waals surface area (Å²) in [4.78, 5) is 16.8. The predicted octanol–water partition coefficient (Wildman–Crippen LogP) is 2.73. The van der Waals surface area contributed by atoms with Crippen LogP contribution in [0.2, 0.25) is 5.15 Å². The first-order valence-corrected chi connectivity index (χ1v) is 6.30. The normalized spacial score (nSPS) is 15.2. The van der Waals surface area contributed by atoms with Crippen molar-refractivity contribution in [3.63, 3.8) is 0 Å². The molecule has 2 rings (SSSR count). The Balaban J connectivity index is 2.57. The number of anilines is 1. The highest BCUT2D eigenvalue weighted by atomic mass is 35.5. The van der Waals surface area contributed by atoms with E-state index >= 15 is 0 Å². The van der Waals surface area contributed by atoms with E-state index in [1.807, 2.05) is 4.90 Å². The van der Waals surface area contributed by atoms with Crippen molar-refractivity contribution in [3.05, 3.63) is 22.1 Å². The summed E-state index contributed by atoms with van der Waals surface area (Å²) in [6.07, 6.45) is 2.25. The van der Waals surface area contributed by atoms with Crippen LogP contribution in [-0.2, 0) is 6.42 Å². The van der Waals surface area contributed by atoms with Crippen molar-refractivity contribution >= 4 is 23.4 Å². The van der Waals surface area contributed by atoms with Crippen LogP contribution in [-0.4, -0.2) is 29.1 Å². The summed E-state index contributed by atoms with van der Waals surface area (Å²) in [5, 5.41) is 8.92. The fraction of sp³-hybridized carbons (Fsp3) is 0.500. The third-order valence-corrected chi connectivity index (χ3v) is 3.42. The van der Waals surface area contributed by atoms with Crippen LogP contribution in [0.25, 0.3) is 0 Å². The van der Waals surface area contributed by atoms with E-state index in [0.717, 1.165) is 25.9 Å². The summed E-state index contributed by atoms with van der Waals surface area (Å²) < 4.78 is 14.3. The van der Waals surface area contributed by atoms with Crippen molar-refractivity contribution in [2.75, 3.05) is 18.0 Å². The van der Waals surface area contributed by atoms with Crippen molar-refractivity contribution in [2.24, 2.45) is 0 Å². The van der Waals surface area contributed by atoms with E-state index in [1.165, 1.54) is 0 Å². The molecule has 0 radical (unpaired) electrons. The second-order valence-corrected chi connectivity index (χ2v) is 4.60. The van der Waals surface area contributed by atoms with Gasteiger partial charge in [-0.3, -0.25) is 0 Å². The maximum Gasteiger partial charge on any atom is 0.339 e. The number of nitrogens with zero attached hydrogens (tertiary/aromatic N) is 2. The highest BCUT2D eigenvalue weighted by Crippen LogP contribution is 2.30. The number of hydrogen-bond donors (Lipinski definition) is 1. The number of rotatable bonds is 3. The molecule has 0 bridgehead atoms. The Hall–Kier alpha value is -1.36. The molecule has 1 aromatic rings. The maximum atomic E-state index is 14.3. The number of aromatic nitrogens is 1. The molecule has 1 aliphatic rings. The minimum Gasteiger partial charge on any atom is -0.478 e. The van der Waals surface area contributed by atoms with Crippen LogP contribution in [0.1, 0.15) is 35.7 Å². The van der Waals surface area contributed by atoms with Gasteiger partial charge < -0.3 is 10.0 Å². The van der Waals surface area contributed by atoms with Gasteiger partial charge in [0.1, 0.15) is 10.7 Å². The first-order valence-electron chi connectivity index (χ1n) is 5.92. The van der Waals surface area contributed by atoms with E-state index in [9.17, 15) is 9.18 Å². The zero-order chi connectivity index (χ0) is 13.3. The summed E-state index contributed by atoms with van der Waals surface area (Å²) in [6, 6.07) is 0. The van der Waals surface area contributed by atoms with Gasteiger partial charge in [-0.25, -0.2) is 14.2 Å². The lowest BCUT2D eigenvalue weighted by Crippen LogP contribution is -2.22. The Bertz CT molecular complexity index is 487. The van der Waals surface area contributed by atoms with Gasteiger partial charge in [-0.2, -0.15) is 0 Å². The Labute approximate surface area is 109 Å². The number of aromatic carboxylic acids is 1. The molecule has 0 amide bonds. The number of hydrogen-bond acceptors (Lipinski definition) is 3. The standard InChI is InChI=1S/C12H14ClFN2O2/c1-2-7-8(12(17)18)10(13)15-11(9(7)14)16-5-3-4-6-16/h2-6H2,1H3,(H,17,18). The number of carbonyl (C=O) groups is 1. The van der Waals surface area contributed by atoms with Crippen LogP contribution >= 0.6 is 11.6 Å². The second-order valence-electron chi connectivity index (χ2n) is 4.25. The molecular weight excluding hydrogens is 259 g/mol. The largest absolute Gasteiger partial charge is 0.478 e. The van der Waals surface area contributed by atoms with Crippen LogP contribution < -0.4 is 4.90 Å². The zero-order valence-electron chi connectivity index (χ0n) is 10.0. The van der Waals surface area contributed by atoms with Gasteiger partial charge in [-0.05, 0) is 19.3 Å². The van der Waals surface area contributed by atoms with E-state index in [4.69, 9.17) is 16.7 Å². The number of carboxylic acids is 1. The molecule has 1 N–H and O–H groups in total. The molecule has 18 heavy (non-hydrogen) atoms. The molecule has 0 atom stereocenters. The highest BCUT2D eigenvalue weighted by molar-refractivity contribution is 6.32. The van der Waals surface area contributed by atoms with E-state index in [1.54, 1.807) is 6.92 Å². The molecule has 0 spiro atoms. The molecule has 6 heteroatoms. The summed E-state index contributed by atoms with van der Waals surface area (Å²) in [7, 11) is 0. The van der Waals surface area contributed by atoms with Crippen molar-refractivity contribution in [1.29, 1.82) is 0 Å². The SMILES string of the molecule is CCc1c(F)c(N2CCCC2)nc(Cl)c1C(=O)O. The van der Waals surface area contributed by atoms with Crippen molar-refractivity contribution in [2.45, 2.75) is 26.2 Å². The van der Waals surface area contributed by atoms with Crippen molar-refractivity contribution < 1.29 is 14.3 Å². The monoisotopic (exact) mass is 272 g/mol. The lowest BCUT2D eigenvalue weighted by atomic mass is 10.1. The van der Waals surface area contributed by atoms with Gasteiger partial charge in [-0.1, -0.05) is 18.5 Å². The minimum atomic E-state index is -1.24. The zero-order valence-corrected chi connectivity index (χ0v) is 10.8. The molecule has 0 saturated carbocycles.